The average Bonchev–Trinajstić information content (AvgIpc) is 2.97. The van der Waals surface area contributed by atoms with Gasteiger partial charge in [0.2, 0.25) is 5.88 Å². The van der Waals surface area contributed by atoms with Crippen LogP contribution in [0.25, 0.3) is 22.4 Å². The number of aryl methyl sites for hydroxylation is 1. The van der Waals surface area contributed by atoms with Gasteiger partial charge in [0, 0.05) is 11.8 Å². The van der Waals surface area contributed by atoms with E-state index < -0.39 is 0 Å². The van der Waals surface area contributed by atoms with Crippen LogP contribution in [0.15, 0.2) is 41.2 Å². The molecule has 90 valence electrons. The number of benzene rings is 1. The molecule has 0 fully saturated rings. The van der Waals surface area contributed by atoms with E-state index in [1.165, 1.54) is 0 Å². The molecule has 2 aromatic heterocycles. The Labute approximate surface area is 104 Å². The van der Waals surface area contributed by atoms with Crippen molar-refractivity contribution < 1.29 is 4.52 Å². The first-order valence-electron chi connectivity index (χ1n) is 5.57. The van der Waals surface area contributed by atoms with Crippen LogP contribution >= 0.6 is 0 Å². The molecule has 0 amide bonds. The van der Waals surface area contributed by atoms with Crippen molar-refractivity contribution in [1.82, 2.24) is 15.4 Å². The summed E-state index contributed by atoms with van der Waals surface area (Å²) in [4.78, 5) is 0. The number of H-pyrrole nitrogens is 1. The molecule has 5 nitrogen and oxygen atoms in total. The molecular weight excluding hydrogens is 228 g/mol. The third-order valence-electron chi connectivity index (χ3n) is 2.80. The summed E-state index contributed by atoms with van der Waals surface area (Å²) in [6, 6.07) is 8.05. The first kappa shape index (κ1) is 10.6. The van der Waals surface area contributed by atoms with Gasteiger partial charge >= 0.3 is 0 Å². The SMILES string of the molecule is Cc1cccc(-c2c(-c3cn[nH]c3)noc2N)c1. The zero-order valence-electron chi connectivity index (χ0n) is 9.84. The lowest BCUT2D eigenvalue weighted by Gasteiger charge is -2.02. The van der Waals surface area contributed by atoms with Crippen LogP contribution in [0.1, 0.15) is 5.56 Å². The summed E-state index contributed by atoms with van der Waals surface area (Å²) >= 11 is 0. The molecule has 1 aromatic carbocycles. The van der Waals surface area contributed by atoms with E-state index in [-0.39, 0.29) is 0 Å². The number of nitrogens with two attached hydrogens (primary N) is 1. The van der Waals surface area contributed by atoms with Crippen molar-refractivity contribution in [3.8, 4) is 22.4 Å². The van der Waals surface area contributed by atoms with Crippen molar-refractivity contribution in [3.05, 3.63) is 42.2 Å². The molecule has 0 saturated carbocycles. The lowest BCUT2D eigenvalue weighted by molar-refractivity contribution is 0.439. The van der Waals surface area contributed by atoms with Gasteiger partial charge in [-0.05, 0) is 12.5 Å². The van der Waals surface area contributed by atoms with Gasteiger partial charge in [0.15, 0.2) is 0 Å². The van der Waals surface area contributed by atoms with Crippen molar-refractivity contribution in [2.45, 2.75) is 6.92 Å². The van der Waals surface area contributed by atoms with E-state index in [4.69, 9.17) is 10.3 Å². The minimum atomic E-state index is 0.316. The van der Waals surface area contributed by atoms with Crippen molar-refractivity contribution >= 4 is 5.88 Å². The molecule has 18 heavy (non-hydrogen) atoms. The zero-order chi connectivity index (χ0) is 12.5. The number of hydrogen-bond donors (Lipinski definition) is 2. The van der Waals surface area contributed by atoms with Crippen LogP contribution in [0.5, 0.6) is 0 Å². The number of anilines is 1. The lowest BCUT2D eigenvalue weighted by Crippen LogP contribution is -1.87. The number of aromatic nitrogens is 3. The summed E-state index contributed by atoms with van der Waals surface area (Å²) in [5, 5.41) is 10.7. The number of nitrogens with one attached hydrogen (secondary N) is 1. The Morgan fingerprint density at radius 2 is 2.17 bits per heavy atom. The molecule has 0 aliphatic rings. The smallest absolute Gasteiger partial charge is 0.230 e. The highest BCUT2D eigenvalue weighted by atomic mass is 16.5. The molecule has 5 heteroatoms. The summed E-state index contributed by atoms with van der Waals surface area (Å²) in [5.74, 6) is 0.316. The monoisotopic (exact) mass is 240 g/mol. The molecule has 0 radical (unpaired) electrons. The van der Waals surface area contributed by atoms with E-state index >= 15 is 0 Å². The Morgan fingerprint density at radius 1 is 1.28 bits per heavy atom. The van der Waals surface area contributed by atoms with Crippen molar-refractivity contribution in [2.75, 3.05) is 5.73 Å². The van der Waals surface area contributed by atoms with E-state index in [1.807, 2.05) is 31.2 Å². The largest absolute Gasteiger partial charge is 0.367 e. The minimum absolute atomic E-state index is 0.316. The van der Waals surface area contributed by atoms with Gasteiger partial charge in [0.25, 0.3) is 0 Å². The molecule has 0 bridgehead atoms. The highest BCUT2D eigenvalue weighted by molar-refractivity contribution is 5.86. The predicted octanol–water partition coefficient (Wildman–Crippen LogP) is 2.62. The maximum atomic E-state index is 5.87. The molecule has 0 saturated heterocycles. The highest BCUT2D eigenvalue weighted by Gasteiger charge is 2.17. The number of hydrogen-bond acceptors (Lipinski definition) is 4. The van der Waals surface area contributed by atoms with Crippen LogP contribution in [0, 0.1) is 6.92 Å². The van der Waals surface area contributed by atoms with Gasteiger partial charge in [-0.25, -0.2) is 0 Å². The van der Waals surface area contributed by atoms with E-state index in [0.717, 1.165) is 22.3 Å². The van der Waals surface area contributed by atoms with Crippen LogP contribution in [-0.4, -0.2) is 15.4 Å². The predicted molar refractivity (Wildman–Crippen MR) is 68.7 cm³/mol. The first-order valence-corrected chi connectivity index (χ1v) is 5.57. The quantitative estimate of drug-likeness (QED) is 0.721. The van der Waals surface area contributed by atoms with Gasteiger partial charge in [-0.15, -0.1) is 0 Å². The first-order chi connectivity index (χ1) is 8.75. The topological polar surface area (TPSA) is 80.7 Å². The molecule has 2 heterocycles. The number of aromatic amines is 1. The average molecular weight is 240 g/mol. The molecule has 3 rings (SSSR count). The van der Waals surface area contributed by atoms with Gasteiger partial charge in [-0.3, -0.25) is 5.10 Å². The fourth-order valence-electron chi connectivity index (χ4n) is 1.96. The number of rotatable bonds is 2. The maximum absolute atomic E-state index is 5.87. The van der Waals surface area contributed by atoms with E-state index in [0.29, 0.717) is 11.6 Å². The van der Waals surface area contributed by atoms with Crippen LogP contribution in [0.3, 0.4) is 0 Å². The second-order valence-corrected chi connectivity index (χ2v) is 4.13. The molecule has 0 spiro atoms. The van der Waals surface area contributed by atoms with Crippen LogP contribution in [0.2, 0.25) is 0 Å². The molecule has 0 atom stereocenters. The third-order valence-corrected chi connectivity index (χ3v) is 2.80. The fraction of sp³-hybridized carbons (Fsp3) is 0.0769. The Morgan fingerprint density at radius 3 is 2.89 bits per heavy atom. The minimum Gasteiger partial charge on any atom is -0.367 e. The Hall–Kier alpha value is -2.56. The van der Waals surface area contributed by atoms with Gasteiger partial charge in [-0.1, -0.05) is 35.0 Å². The highest BCUT2D eigenvalue weighted by Crippen LogP contribution is 2.35. The lowest BCUT2D eigenvalue weighted by atomic mass is 10.0. The second kappa shape index (κ2) is 4.03. The van der Waals surface area contributed by atoms with E-state index in [2.05, 4.69) is 15.4 Å². The molecule has 3 aromatic rings. The maximum Gasteiger partial charge on any atom is 0.230 e. The Balaban J connectivity index is 2.20. The van der Waals surface area contributed by atoms with Gasteiger partial charge in [0.05, 0.1) is 11.8 Å². The number of nitrogen functional groups attached to an aromatic ring is 1. The zero-order valence-corrected chi connectivity index (χ0v) is 9.84. The summed E-state index contributed by atoms with van der Waals surface area (Å²) in [5.41, 5.74) is 10.4. The van der Waals surface area contributed by atoms with Gasteiger partial charge in [0.1, 0.15) is 5.69 Å². The number of nitrogens with zero attached hydrogens (tertiary/aromatic N) is 2. The summed E-state index contributed by atoms with van der Waals surface area (Å²) < 4.78 is 5.10. The Bertz CT molecular complexity index is 670. The van der Waals surface area contributed by atoms with Crippen molar-refractivity contribution in [3.63, 3.8) is 0 Å². The molecular formula is C13H12N4O. The fourth-order valence-corrected chi connectivity index (χ4v) is 1.96. The van der Waals surface area contributed by atoms with E-state index in [1.54, 1.807) is 12.4 Å². The molecule has 0 aliphatic carbocycles. The van der Waals surface area contributed by atoms with Crippen LogP contribution < -0.4 is 5.73 Å². The van der Waals surface area contributed by atoms with Crippen molar-refractivity contribution in [1.29, 1.82) is 0 Å². The summed E-state index contributed by atoms with van der Waals surface area (Å²) in [7, 11) is 0. The third kappa shape index (κ3) is 1.66. The standard InChI is InChI=1S/C13H12N4O/c1-8-3-2-4-9(5-8)11-12(17-18-13(11)14)10-6-15-16-7-10/h2-7H,14H2,1H3,(H,15,16). The normalized spacial score (nSPS) is 10.7. The Kier molecular flexibility index (Phi) is 2.37. The molecule has 0 unspecified atom stereocenters. The van der Waals surface area contributed by atoms with Gasteiger partial charge < -0.3 is 10.3 Å². The summed E-state index contributed by atoms with van der Waals surface area (Å²) in [6.07, 6.45) is 3.45. The van der Waals surface area contributed by atoms with E-state index in [9.17, 15) is 0 Å². The molecule has 3 N–H and O–H groups in total. The summed E-state index contributed by atoms with van der Waals surface area (Å²) in [6.45, 7) is 2.03. The van der Waals surface area contributed by atoms with Crippen molar-refractivity contribution in [2.24, 2.45) is 0 Å². The van der Waals surface area contributed by atoms with Crippen LogP contribution in [0.4, 0.5) is 5.88 Å². The second-order valence-electron chi connectivity index (χ2n) is 4.13. The van der Waals surface area contributed by atoms with Gasteiger partial charge in [-0.2, -0.15) is 5.10 Å². The molecule has 0 aliphatic heterocycles. The van der Waals surface area contributed by atoms with Crippen LogP contribution in [-0.2, 0) is 0 Å².